The normalized spacial score (nSPS) is 9.36. The molecule has 0 aliphatic carbocycles. The number of benzene rings is 1. The Morgan fingerprint density at radius 3 is 2.18 bits per heavy atom. The lowest BCUT2D eigenvalue weighted by molar-refractivity contribution is 1.46. The van der Waals surface area contributed by atoms with Crippen molar-refractivity contribution >= 4 is 29.3 Å². The van der Waals surface area contributed by atoms with Gasteiger partial charge in [0.2, 0.25) is 0 Å². The first kappa shape index (κ1) is 8.63. The van der Waals surface area contributed by atoms with Crippen LogP contribution in [-0.2, 0) is 0 Å². The van der Waals surface area contributed by atoms with E-state index in [1.807, 2.05) is 31.2 Å². The van der Waals surface area contributed by atoms with Crippen LogP contribution in [-0.4, -0.2) is 0 Å². The molecule has 1 rings (SSSR count). The minimum absolute atomic E-state index is 0.286. The highest BCUT2D eigenvalue weighted by atomic mass is 35.5. The van der Waals surface area contributed by atoms with Gasteiger partial charge in [0.05, 0.1) is 0 Å². The second-order valence-corrected chi connectivity index (χ2v) is 3.35. The summed E-state index contributed by atoms with van der Waals surface area (Å²) in [6.45, 7) is 2.04. The standard InChI is InChI=1S/C9H8Cl2/c1-7-2-4-8(5-3-7)6-9(10)11/h2-6H,1H3. The monoisotopic (exact) mass is 186 g/mol. The van der Waals surface area contributed by atoms with Crippen LogP contribution in [0.2, 0.25) is 0 Å². The Kier molecular flexibility index (Phi) is 2.98. The molecule has 0 bridgehead atoms. The largest absolute Gasteiger partial charge is 0.107 e. The summed E-state index contributed by atoms with van der Waals surface area (Å²) in [7, 11) is 0. The maximum absolute atomic E-state index is 5.48. The van der Waals surface area contributed by atoms with Gasteiger partial charge in [-0.15, -0.1) is 0 Å². The third kappa shape index (κ3) is 2.96. The van der Waals surface area contributed by atoms with Crippen LogP contribution in [0.1, 0.15) is 11.1 Å². The molecule has 0 saturated heterocycles. The molecule has 1 aromatic carbocycles. The van der Waals surface area contributed by atoms with Crippen molar-refractivity contribution in [3.8, 4) is 0 Å². The molecule has 0 atom stereocenters. The quantitative estimate of drug-likeness (QED) is 0.627. The molecular weight excluding hydrogens is 179 g/mol. The van der Waals surface area contributed by atoms with Crippen molar-refractivity contribution in [3.63, 3.8) is 0 Å². The van der Waals surface area contributed by atoms with Crippen LogP contribution in [0.25, 0.3) is 6.08 Å². The summed E-state index contributed by atoms with van der Waals surface area (Å²) < 4.78 is 0.286. The van der Waals surface area contributed by atoms with E-state index in [4.69, 9.17) is 23.2 Å². The van der Waals surface area contributed by atoms with Crippen LogP contribution >= 0.6 is 23.2 Å². The van der Waals surface area contributed by atoms with Gasteiger partial charge >= 0.3 is 0 Å². The Morgan fingerprint density at radius 1 is 1.18 bits per heavy atom. The van der Waals surface area contributed by atoms with Gasteiger partial charge in [-0.25, -0.2) is 0 Å². The maximum atomic E-state index is 5.48. The fourth-order valence-electron chi connectivity index (χ4n) is 0.789. The highest BCUT2D eigenvalue weighted by Crippen LogP contribution is 2.13. The van der Waals surface area contributed by atoms with E-state index in [2.05, 4.69) is 0 Å². The zero-order chi connectivity index (χ0) is 8.27. The number of halogens is 2. The van der Waals surface area contributed by atoms with Gasteiger partial charge < -0.3 is 0 Å². The molecule has 0 aromatic heterocycles. The molecule has 0 aliphatic heterocycles. The summed E-state index contributed by atoms with van der Waals surface area (Å²) in [5.74, 6) is 0. The predicted molar refractivity (Wildman–Crippen MR) is 50.9 cm³/mol. The molecule has 0 radical (unpaired) electrons. The van der Waals surface area contributed by atoms with E-state index in [0.29, 0.717) is 0 Å². The zero-order valence-corrected chi connectivity index (χ0v) is 7.65. The molecule has 0 spiro atoms. The van der Waals surface area contributed by atoms with E-state index in [1.54, 1.807) is 6.08 Å². The van der Waals surface area contributed by atoms with Crippen molar-refractivity contribution in [2.75, 3.05) is 0 Å². The van der Waals surface area contributed by atoms with Crippen LogP contribution in [0.3, 0.4) is 0 Å². The van der Waals surface area contributed by atoms with Crippen molar-refractivity contribution in [2.45, 2.75) is 6.92 Å². The first-order chi connectivity index (χ1) is 5.18. The van der Waals surface area contributed by atoms with E-state index >= 15 is 0 Å². The molecule has 0 amide bonds. The number of rotatable bonds is 1. The van der Waals surface area contributed by atoms with Gasteiger partial charge in [0.25, 0.3) is 0 Å². The van der Waals surface area contributed by atoms with E-state index in [0.717, 1.165) is 5.56 Å². The van der Waals surface area contributed by atoms with E-state index in [9.17, 15) is 0 Å². The van der Waals surface area contributed by atoms with Crippen molar-refractivity contribution in [3.05, 3.63) is 39.9 Å². The van der Waals surface area contributed by atoms with Crippen molar-refractivity contribution in [2.24, 2.45) is 0 Å². The lowest BCUT2D eigenvalue weighted by Crippen LogP contribution is -1.72. The third-order valence-corrected chi connectivity index (χ3v) is 1.57. The molecule has 58 valence electrons. The van der Waals surface area contributed by atoms with Crippen molar-refractivity contribution in [1.29, 1.82) is 0 Å². The third-order valence-electron chi connectivity index (χ3n) is 1.35. The first-order valence-corrected chi connectivity index (χ1v) is 4.03. The Labute approximate surface area is 76.4 Å². The second kappa shape index (κ2) is 3.80. The molecule has 11 heavy (non-hydrogen) atoms. The first-order valence-electron chi connectivity index (χ1n) is 3.28. The average Bonchev–Trinajstić information content (AvgIpc) is 1.93. The van der Waals surface area contributed by atoms with Gasteiger partial charge in [-0.2, -0.15) is 0 Å². The molecule has 0 fully saturated rings. The molecular formula is C9H8Cl2. The van der Waals surface area contributed by atoms with Gasteiger partial charge in [-0.3, -0.25) is 0 Å². The summed E-state index contributed by atoms with van der Waals surface area (Å²) in [6, 6.07) is 7.98. The molecule has 1 aromatic rings. The zero-order valence-electron chi connectivity index (χ0n) is 6.14. The van der Waals surface area contributed by atoms with Gasteiger partial charge in [0, 0.05) is 0 Å². The van der Waals surface area contributed by atoms with Crippen LogP contribution in [0, 0.1) is 6.92 Å². The second-order valence-electron chi connectivity index (χ2n) is 2.34. The lowest BCUT2D eigenvalue weighted by Gasteiger charge is -1.93. The molecule has 0 nitrogen and oxygen atoms in total. The minimum atomic E-state index is 0.286. The van der Waals surface area contributed by atoms with E-state index in [1.165, 1.54) is 5.56 Å². The number of aryl methyl sites for hydroxylation is 1. The van der Waals surface area contributed by atoms with Crippen LogP contribution in [0.4, 0.5) is 0 Å². The number of hydrogen-bond acceptors (Lipinski definition) is 0. The van der Waals surface area contributed by atoms with Crippen molar-refractivity contribution < 1.29 is 0 Å². The summed E-state index contributed by atoms with van der Waals surface area (Å²) in [6.07, 6.45) is 1.71. The van der Waals surface area contributed by atoms with Crippen LogP contribution in [0.5, 0.6) is 0 Å². The SMILES string of the molecule is Cc1ccc(C=C(Cl)Cl)cc1. The van der Waals surface area contributed by atoms with Gasteiger partial charge in [-0.05, 0) is 18.6 Å². The molecule has 2 heteroatoms. The Balaban J connectivity index is 2.91. The summed E-state index contributed by atoms with van der Waals surface area (Å²) in [5, 5.41) is 0. The topological polar surface area (TPSA) is 0 Å². The fourth-order valence-corrected chi connectivity index (χ4v) is 1.04. The summed E-state index contributed by atoms with van der Waals surface area (Å²) in [4.78, 5) is 0. The van der Waals surface area contributed by atoms with Gasteiger partial charge in [-0.1, -0.05) is 53.0 Å². The molecule has 0 N–H and O–H groups in total. The fraction of sp³-hybridized carbons (Fsp3) is 0.111. The lowest BCUT2D eigenvalue weighted by atomic mass is 10.1. The smallest absolute Gasteiger partial charge is 0.0709 e. The van der Waals surface area contributed by atoms with E-state index < -0.39 is 0 Å². The van der Waals surface area contributed by atoms with Crippen LogP contribution in [0.15, 0.2) is 28.8 Å². The Hall–Kier alpha value is -0.460. The Morgan fingerprint density at radius 2 is 1.73 bits per heavy atom. The van der Waals surface area contributed by atoms with Crippen LogP contribution < -0.4 is 0 Å². The maximum Gasteiger partial charge on any atom is 0.107 e. The van der Waals surface area contributed by atoms with Gasteiger partial charge in [0.15, 0.2) is 0 Å². The molecule has 0 unspecified atom stereocenters. The number of hydrogen-bond donors (Lipinski definition) is 0. The molecule has 0 heterocycles. The average molecular weight is 187 g/mol. The van der Waals surface area contributed by atoms with Gasteiger partial charge in [0.1, 0.15) is 4.49 Å². The molecule has 0 saturated carbocycles. The summed E-state index contributed by atoms with van der Waals surface area (Å²) >= 11 is 11.0. The van der Waals surface area contributed by atoms with E-state index in [-0.39, 0.29) is 4.49 Å². The Bertz CT molecular complexity index is 255. The predicted octanol–water partition coefficient (Wildman–Crippen LogP) is 3.77. The summed E-state index contributed by atoms with van der Waals surface area (Å²) in [5.41, 5.74) is 2.25. The van der Waals surface area contributed by atoms with Crippen molar-refractivity contribution in [1.82, 2.24) is 0 Å². The molecule has 0 aliphatic rings. The minimum Gasteiger partial charge on any atom is -0.0709 e. The highest BCUT2D eigenvalue weighted by molar-refractivity contribution is 6.57. The highest BCUT2D eigenvalue weighted by Gasteiger charge is 1.88.